The molecule has 0 aliphatic heterocycles. The molecule has 0 N–H and O–H groups in total. The highest BCUT2D eigenvalue weighted by Gasteiger charge is 2.17. The van der Waals surface area contributed by atoms with Crippen LogP contribution in [0, 0.1) is 11.3 Å². The van der Waals surface area contributed by atoms with Crippen molar-refractivity contribution < 1.29 is 4.57 Å². The quantitative estimate of drug-likeness (QED) is 0.217. The summed E-state index contributed by atoms with van der Waals surface area (Å²) >= 11 is 3.56. The van der Waals surface area contributed by atoms with Crippen molar-refractivity contribution in [1.82, 2.24) is 0 Å². The van der Waals surface area contributed by atoms with Crippen molar-refractivity contribution >= 4 is 39.5 Å². The molecule has 0 aliphatic rings. The highest BCUT2D eigenvalue weighted by atomic mass is 79.9. The van der Waals surface area contributed by atoms with Crippen molar-refractivity contribution in [3.63, 3.8) is 0 Å². The number of nitrogens with zero attached hydrogens (tertiary/aromatic N) is 4. The van der Waals surface area contributed by atoms with Gasteiger partial charge in [0.05, 0.1) is 12.5 Å². The van der Waals surface area contributed by atoms with E-state index in [4.69, 9.17) is 5.26 Å². The van der Waals surface area contributed by atoms with Crippen LogP contribution in [0.15, 0.2) is 89.4 Å². The third-order valence-electron chi connectivity index (χ3n) is 6.54. The first kappa shape index (κ1) is 26.2. The highest BCUT2D eigenvalue weighted by Crippen LogP contribution is 2.28. The topological polar surface area (TPSA) is 34.1 Å². The van der Waals surface area contributed by atoms with Crippen LogP contribution >= 0.6 is 15.9 Å². The van der Waals surface area contributed by atoms with E-state index in [1.165, 1.54) is 5.69 Å². The number of nitriles is 1. The molecule has 1 heterocycles. The standard InChI is InChI=1S/C32H32BrN4/c1-35(2)29-15-6-24(7-16-29)8-17-31-22-27(23-32(37(31)4)26-9-13-28(33)14-10-26)25-11-18-30(19-12-25)36(3)21-5-20-34/h6-19,22-23H,5,21H2,1-4H3/q+1. The Labute approximate surface area is 228 Å². The maximum absolute atomic E-state index is 8.90. The molecule has 3 aromatic carbocycles. The van der Waals surface area contributed by atoms with Gasteiger partial charge in [-0.05, 0) is 71.3 Å². The molecular weight excluding hydrogens is 520 g/mol. The van der Waals surface area contributed by atoms with E-state index in [0.717, 1.165) is 50.3 Å². The third-order valence-corrected chi connectivity index (χ3v) is 7.07. The molecule has 0 amide bonds. The number of hydrogen-bond donors (Lipinski definition) is 0. The van der Waals surface area contributed by atoms with E-state index in [1.807, 2.05) is 7.05 Å². The zero-order valence-electron chi connectivity index (χ0n) is 21.8. The molecule has 37 heavy (non-hydrogen) atoms. The number of anilines is 2. The molecule has 0 spiro atoms. The summed E-state index contributed by atoms with van der Waals surface area (Å²) < 4.78 is 3.30. The van der Waals surface area contributed by atoms with Gasteiger partial charge in [-0.15, -0.1) is 0 Å². The lowest BCUT2D eigenvalue weighted by atomic mass is 10.0. The minimum absolute atomic E-state index is 0.511. The predicted octanol–water partition coefficient (Wildman–Crippen LogP) is 7.19. The molecule has 4 rings (SSSR count). The Balaban J connectivity index is 1.73. The lowest BCUT2D eigenvalue weighted by Gasteiger charge is -2.18. The first-order valence-corrected chi connectivity index (χ1v) is 13.1. The second-order valence-electron chi connectivity index (χ2n) is 9.32. The first-order valence-electron chi connectivity index (χ1n) is 12.3. The van der Waals surface area contributed by atoms with Crippen molar-refractivity contribution in [2.24, 2.45) is 7.05 Å². The largest absolute Gasteiger partial charge is 0.378 e. The Hall–Kier alpha value is -3.88. The molecule has 5 heteroatoms. The van der Waals surface area contributed by atoms with Gasteiger partial charge in [0.1, 0.15) is 7.05 Å². The van der Waals surface area contributed by atoms with Crippen molar-refractivity contribution in [1.29, 1.82) is 5.26 Å². The van der Waals surface area contributed by atoms with E-state index in [1.54, 1.807) is 0 Å². The average Bonchev–Trinajstić information content (AvgIpc) is 2.92. The number of hydrogen-bond acceptors (Lipinski definition) is 3. The summed E-state index contributed by atoms with van der Waals surface area (Å²) in [6, 6.07) is 32.3. The normalized spacial score (nSPS) is 10.9. The van der Waals surface area contributed by atoms with Crippen LogP contribution in [0.2, 0.25) is 0 Å². The van der Waals surface area contributed by atoms with Crippen molar-refractivity contribution in [2.45, 2.75) is 6.42 Å². The molecule has 0 unspecified atom stereocenters. The van der Waals surface area contributed by atoms with Crippen LogP contribution in [-0.2, 0) is 7.05 Å². The number of benzene rings is 3. The summed E-state index contributed by atoms with van der Waals surface area (Å²) in [4.78, 5) is 4.22. The van der Waals surface area contributed by atoms with Crippen LogP contribution in [0.5, 0.6) is 0 Å². The van der Waals surface area contributed by atoms with Crippen LogP contribution in [0.3, 0.4) is 0 Å². The molecular formula is C32H32BrN4+. The Bertz CT molecular complexity index is 1410. The molecule has 0 saturated heterocycles. The van der Waals surface area contributed by atoms with E-state index in [0.29, 0.717) is 6.42 Å². The summed E-state index contributed by atoms with van der Waals surface area (Å²) in [5.74, 6) is 0. The second-order valence-corrected chi connectivity index (χ2v) is 10.2. The fraction of sp³-hybridized carbons (Fsp3) is 0.188. The Morgan fingerprint density at radius 2 is 1.41 bits per heavy atom. The van der Waals surface area contributed by atoms with E-state index in [2.05, 4.69) is 155 Å². The molecule has 0 fully saturated rings. The van der Waals surface area contributed by atoms with Gasteiger partial charge in [-0.25, -0.2) is 0 Å². The monoisotopic (exact) mass is 551 g/mol. The van der Waals surface area contributed by atoms with Gasteiger partial charge in [0, 0.05) is 67.3 Å². The number of pyridine rings is 1. The molecule has 4 nitrogen and oxygen atoms in total. The number of aromatic nitrogens is 1. The minimum atomic E-state index is 0.511. The Kier molecular flexibility index (Phi) is 8.43. The Morgan fingerprint density at radius 3 is 2.03 bits per heavy atom. The van der Waals surface area contributed by atoms with Crippen LogP contribution in [0.1, 0.15) is 17.7 Å². The smallest absolute Gasteiger partial charge is 0.213 e. The lowest BCUT2D eigenvalue weighted by Crippen LogP contribution is -2.34. The summed E-state index contributed by atoms with van der Waals surface area (Å²) in [5.41, 5.74) is 9.17. The maximum Gasteiger partial charge on any atom is 0.213 e. The zero-order chi connectivity index (χ0) is 26.4. The van der Waals surface area contributed by atoms with Gasteiger partial charge in [-0.3, -0.25) is 0 Å². The number of halogens is 1. The molecule has 0 atom stereocenters. The summed E-state index contributed by atoms with van der Waals surface area (Å²) in [6.07, 6.45) is 4.86. The molecule has 0 bridgehead atoms. The van der Waals surface area contributed by atoms with E-state index in [9.17, 15) is 0 Å². The van der Waals surface area contributed by atoms with Gasteiger partial charge in [0.2, 0.25) is 11.4 Å². The fourth-order valence-corrected chi connectivity index (χ4v) is 4.49. The first-order chi connectivity index (χ1) is 17.9. The fourth-order valence-electron chi connectivity index (χ4n) is 4.23. The summed E-state index contributed by atoms with van der Waals surface area (Å²) in [6.45, 7) is 0.717. The van der Waals surface area contributed by atoms with Crippen LogP contribution < -0.4 is 14.4 Å². The summed E-state index contributed by atoms with van der Waals surface area (Å²) in [7, 11) is 8.24. The van der Waals surface area contributed by atoms with Gasteiger partial charge >= 0.3 is 0 Å². The van der Waals surface area contributed by atoms with Crippen molar-refractivity contribution in [2.75, 3.05) is 37.5 Å². The predicted molar refractivity (Wildman–Crippen MR) is 159 cm³/mol. The third kappa shape index (κ3) is 6.47. The second kappa shape index (κ2) is 11.9. The Morgan fingerprint density at radius 1 is 0.784 bits per heavy atom. The van der Waals surface area contributed by atoms with Gasteiger partial charge < -0.3 is 9.80 Å². The summed E-state index contributed by atoms with van der Waals surface area (Å²) in [5, 5.41) is 8.90. The molecule has 0 radical (unpaired) electrons. The molecule has 1 aromatic heterocycles. The molecule has 186 valence electrons. The van der Waals surface area contributed by atoms with E-state index >= 15 is 0 Å². The zero-order valence-corrected chi connectivity index (χ0v) is 23.4. The van der Waals surface area contributed by atoms with E-state index < -0.39 is 0 Å². The lowest BCUT2D eigenvalue weighted by molar-refractivity contribution is -0.662. The van der Waals surface area contributed by atoms with Gasteiger partial charge in [-0.1, -0.05) is 40.2 Å². The minimum Gasteiger partial charge on any atom is -0.378 e. The van der Waals surface area contributed by atoms with Crippen LogP contribution in [0.25, 0.3) is 34.5 Å². The number of rotatable bonds is 8. The van der Waals surface area contributed by atoms with Crippen molar-refractivity contribution in [3.8, 4) is 28.5 Å². The highest BCUT2D eigenvalue weighted by molar-refractivity contribution is 9.10. The maximum atomic E-state index is 8.90. The SMILES string of the molecule is CN(C)c1ccc(/C=C/c2cc(-c3ccc(N(C)CCC#N)cc3)cc(-c3ccc(Br)cc3)[n+]2C)cc1. The van der Waals surface area contributed by atoms with Crippen LogP contribution in [0.4, 0.5) is 11.4 Å². The van der Waals surface area contributed by atoms with Gasteiger partial charge in [0.15, 0.2) is 0 Å². The molecule has 0 saturated carbocycles. The molecule has 4 aromatic rings. The van der Waals surface area contributed by atoms with Gasteiger partial charge in [-0.2, -0.15) is 9.83 Å². The van der Waals surface area contributed by atoms with E-state index in [-0.39, 0.29) is 0 Å². The van der Waals surface area contributed by atoms with Crippen molar-refractivity contribution in [3.05, 3.63) is 101 Å². The molecule has 0 aliphatic carbocycles. The van der Waals surface area contributed by atoms with Crippen LogP contribution in [-0.4, -0.2) is 27.7 Å². The average molecular weight is 553 g/mol. The van der Waals surface area contributed by atoms with Gasteiger partial charge in [0.25, 0.3) is 0 Å².